The number of hydrogen-bond donors (Lipinski definition) is 2. The van der Waals surface area contributed by atoms with E-state index in [1.165, 1.54) is 0 Å². The predicted molar refractivity (Wildman–Crippen MR) is 76.4 cm³/mol. The zero-order valence-corrected chi connectivity index (χ0v) is 11.4. The monoisotopic (exact) mass is 283 g/mol. The largest absolute Gasteiger partial charge is 0.397 e. The van der Waals surface area contributed by atoms with Gasteiger partial charge in [0.15, 0.2) is 0 Å². The van der Waals surface area contributed by atoms with Crippen LogP contribution in [0.4, 0.5) is 11.4 Å². The third-order valence-electron chi connectivity index (χ3n) is 3.04. The maximum atomic E-state index is 11.8. The van der Waals surface area contributed by atoms with E-state index < -0.39 is 0 Å². The number of anilines is 2. The zero-order valence-electron chi connectivity index (χ0n) is 10.7. The molecule has 1 aliphatic heterocycles. The molecule has 1 aromatic carbocycles. The Balaban J connectivity index is 1.78. The van der Waals surface area contributed by atoms with Gasteiger partial charge in [-0.05, 0) is 18.2 Å². The van der Waals surface area contributed by atoms with E-state index in [4.69, 9.17) is 22.1 Å². The molecular weight excluding hydrogens is 266 g/mol. The Labute approximate surface area is 117 Å². The number of amides is 1. The normalized spacial score (nSPS) is 16.3. The summed E-state index contributed by atoms with van der Waals surface area (Å²) in [6.45, 7) is 4.02. The number of ether oxygens (including phenoxy) is 1. The fourth-order valence-corrected chi connectivity index (χ4v) is 2.05. The highest BCUT2D eigenvalue weighted by Gasteiger charge is 2.12. The molecule has 0 saturated carbocycles. The van der Waals surface area contributed by atoms with Crippen LogP contribution in [-0.2, 0) is 9.53 Å². The van der Waals surface area contributed by atoms with Crippen LogP contribution in [0.5, 0.6) is 0 Å². The quantitative estimate of drug-likeness (QED) is 0.824. The van der Waals surface area contributed by atoms with Crippen LogP contribution in [0.25, 0.3) is 0 Å². The van der Waals surface area contributed by atoms with Crippen molar-refractivity contribution in [3.05, 3.63) is 23.2 Å². The van der Waals surface area contributed by atoms with Gasteiger partial charge >= 0.3 is 0 Å². The van der Waals surface area contributed by atoms with Crippen LogP contribution in [0, 0.1) is 0 Å². The molecule has 0 aromatic heterocycles. The molecule has 3 N–H and O–H groups in total. The molecule has 0 unspecified atom stereocenters. The highest BCUT2D eigenvalue weighted by atomic mass is 35.5. The Morgan fingerprint density at radius 3 is 2.84 bits per heavy atom. The molecule has 1 amide bonds. The molecule has 1 heterocycles. The summed E-state index contributed by atoms with van der Waals surface area (Å²) >= 11 is 5.82. The molecule has 1 saturated heterocycles. The smallest absolute Gasteiger partial charge is 0.225 e. The van der Waals surface area contributed by atoms with Crippen molar-refractivity contribution in [3.8, 4) is 0 Å². The predicted octanol–water partition coefficient (Wildman–Crippen LogP) is 1.58. The summed E-state index contributed by atoms with van der Waals surface area (Å²) in [5.74, 6) is -0.0202. The molecule has 6 heteroatoms. The van der Waals surface area contributed by atoms with Crippen LogP contribution in [-0.4, -0.2) is 43.7 Å². The molecule has 19 heavy (non-hydrogen) atoms. The van der Waals surface area contributed by atoms with E-state index in [9.17, 15) is 4.79 Å². The van der Waals surface area contributed by atoms with Crippen molar-refractivity contribution in [1.82, 2.24) is 4.90 Å². The summed E-state index contributed by atoms with van der Waals surface area (Å²) < 4.78 is 5.26. The first-order valence-electron chi connectivity index (χ1n) is 6.30. The molecular formula is C13H18ClN3O2. The van der Waals surface area contributed by atoms with E-state index in [0.29, 0.717) is 22.8 Å². The second-order valence-corrected chi connectivity index (χ2v) is 4.90. The summed E-state index contributed by atoms with van der Waals surface area (Å²) in [6, 6.07) is 5.08. The van der Waals surface area contributed by atoms with Crippen LogP contribution in [0.15, 0.2) is 18.2 Å². The zero-order chi connectivity index (χ0) is 13.7. The lowest BCUT2D eigenvalue weighted by Gasteiger charge is -2.26. The van der Waals surface area contributed by atoms with Crippen molar-refractivity contribution >= 4 is 28.9 Å². The van der Waals surface area contributed by atoms with Gasteiger partial charge < -0.3 is 15.8 Å². The molecule has 104 valence electrons. The summed E-state index contributed by atoms with van der Waals surface area (Å²) in [7, 11) is 0. The van der Waals surface area contributed by atoms with E-state index in [0.717, 1.165) is 32.8 Å². The Hall–Kier alpha value is -1.30. The first-order chi connectivity index (χ1) is 9.15. The van der Waals surface area contributed by atoms with E-state index >= 15 is 0 Å². The number of nitrogens with one attached hydrogen (secondary N) is 1. The third kappa shape index (κ3) is 4.38. The second kappa shape index (κ2) is 6.75. The van der Waals surface area contributed by atoms with Gasteiger partial charge in [-0.1, -0.05) is 11.6 Å². The maximum absolute atomic E-state index is 11.8. The number of rotatable bonds is 4. The van der Waals surface area contributed by atoms with Gasteiger partial charge in [0, 0.05) is 31.7 Å². The lowest BCUT2D eigenvalue weighted by molar-refractivity contribution is -0.116. The molecule has 5 nitrogen and oxygen atoms in total. The molecule has 1 fully saturated rings. The van der Waals surface area contributed by atoms with Crippen LogP contribution in [0.1, 0.15) is 6.42 Å². The lowest BCUT2D eigenvalue weighted by atomic mass is 10.2. The first-order valence-corrected chi connectivity index (χ1v) is 6.68. The molecule has 0 bridgehead atoms. The van der Waals surface area contributed by atoms with Gasteiger partial charge in [0.1, 0.15) is 0 Å². The molecule has 0 radical (unpaired) electrons. The first kappa shape index (κ1) is 14.1. The number of halogens is 1. The average Bonchev–Trinajstić information content (AvgIpc) is 2.42. The van der Waals surface area contributed by atoms with Crippen LogP contribution < -0.4 is 11.1 Å². The number of morpholine rings is 1. The standard InChI is InChI=1S/C13H18ClN3O2/c14-11-2-1-10(9-12(11)15)16-13(18)3-4-17-5-7-19-8-6-17/h1-2,9H,3-8,15H2,(H,16,18). The van der Waals surface area contributed by atoms with Crippen molar-refractivity contribution in [2.45, 2.75) is 6.42 Å². The van der Waals surface area contributed by atoms with Gasteiger partial charge in [0.25, 0.3) is 0 Å². The molecule has 0 atom stereocenters. The number of nitrogen functional groups attached to an aromatic ring is 1. The highest BCUT2D eigenvalue weighted by molar-refractivity contribution is 6.33. The lowest BCUT2D eigenvalue weighted by Crippen LogP contribution is -2.38. The van der Waals surface area contributed by atoms with Crippen molar-refractivity contribution in [2.75, 3.05) is 43.9 Å². The van der Waals surface area contributed by atoms with Crippen LogP contribution >= 0.6 is 11.6 Å². The number of nitrogens with zero attached hydrogens (tertiary/aromatic N) is 1. The minimum atomic E-state index is -0.0202. The molecule has 1 aromatic rings. The Bertz CT molecular complexity index is 448. The molecule has 2 rings (SSSR count). The minimum Gasteiger partial charge on any atom is -0.397 e. The Morgan fingerprint density at radius 2 is 2.16 bits per heavy atom. The Morgan fingerprint density at radius 1 is 1.42 bits per heavy atom. The fraction of sp³-hybridized carbons (Fsp3) is 0.462. The van der Waals surface area contributed by atoms with Gasteiger partial charge in [0.05, 0.1) is 23.9 Å². The number of carbonyl (C=O) groups excluding carboxylic acids is 1. The molecule has 0 spiro atoms. The highest BCUT2D eigenvalue weighted by Crippen LogP contribution is 2.22. The summed E-state index contributed by atoms with van der Waals surface area (Å²) in [6.07, 6.45) is 0.461. The molecule has 0 aliphatic carbocycles. The third-order valence-corrected chi connectivity index (χ3v) is 3.38. The summed E-state index contributed by atoms with van der Waals surface area (Å²) in [5, 5.41) is 3.31. The van der Waals surface area contributed by atoms with E-state index in [-0.39, 0.29) is 5.91 Å². The van der Waals surface area contributed by atoms with Gasteiger partial charge in [-0.2, -0.15) is 0 Å². The maximum Gasteiger partial charge on any atom is 0.225 e. The van der Waals surface area contributed by atoms with Gasteiger partial charge in [-0.25, -0.2) is 0 Å². The number of hydrogen-bond acceptors (Lipinski definition) is 4. The average molecular weight is 284 g/mol. The Kier molecular flexibility index (Phi) is 5.01. The van der Waals surface area contributed by atoms with E-state index in [1.807, 2.05) is 0 Å². The molecule has 1 aliphatic rings. The van der Waals surface area contributed by atoms with Gasteiger partial charge in [-0.3, -0.25) is 9.69 Å². The van der Waals surface area contributed by atoms with Crippen molar-refractivity contribution in [1.29, 1.82) is 0 Å². The van der Waals surface area contributed by atoms with Crippen molar-refractivity contribution < 1.29 is 9.53 Å². The summed E-state index contributed by atoms with van der Waals surface area (Å²) in [5.41, 5.74) is 6.82. The van der Waals surface area contributed by atoms with E-state index in [2.05, 4.69) is 10.2 Å². The number of nitrogens with two attached hydrogens (primary N) is 1. The second-order valence-electron chi connectivity index (χ2n) is 4.49. The van der Waals surface area contributed by atoms with Crippen LogP contribution in [0.3, 0.4) is 0 Å². The minimum absolute atomic E-state index is 0.0202. The van der Waals surface area contributed by atoms with Gasteiger partial charge in [-0.15, -0.1) is 0 Å². The SMILES string of the molecule is Nc1cc(NC(=O)CCN2CCOCC2)ccc1Cl. The van der Waals surface area contributed by atoms with Gasteiger partial charge in [0.2, 0.25) is 5.91 Å². The van der Waals surface area contributed by atoms with Crippen molar-refractivity contribution in [2.24, 2.45) is 0 Å². The topological polar surface area (TPSA) is 67.6 Å². The number of benzene rings is 1. The summed E-state index contributed by atoms with van der Waals surface area (Å²) in [4.78, 5) is 14.0. The van der Waals surface area contributed by atoms with Crippen LogP contribution in [0.2, 0.25) is 5.02 Å². The van der Waals surface area contributed by atoms with E-state index in [1.54, 1.807) is 18.2 Å². The fourth-order valence-electron chi connectivity index (χ4n) is 1.93. The van der Waals surface area contributed by atoms with Crippen molar-refractivity contribution in [3.63, 3.8) is 0 Å². The number of carbonyl (C=O) groups is 1.